The number of aromatic nitrogens is 2. The summed E-state index contributed by atoms with van der Waals surface area (Å²) < 4.78 is 5.37. The summed E-state index contributed by atoms with van der Waals surface area (Å²) in [7, 11) is 1.67. The van der Waals surface area contributed by atoms with Crippen LogP contribution in [0.5, 0.6) is 5.75 Å². The zero-order chi connectivity index (χ0) is 17.6. The van der Waals surface area contributed by atoms with E-state index >= 15 is 0 Å². The van der Waals surface area contributed by atoms with Crippen molar-refractivity contribution in [1.82, 2.24) is 9.97 Å². The molecule has 128 valence electrons. The predicted molar refractivity (Wildman–Crippen MR) is 102 cm³/mol. The Morgan fingerprint density at radius 2 is 1.88 bits per heavy atom. The summed E-state index contributed by atoms with van der Waals surface area (Å²) in [6.45, 7) is 2.54. The average Bonchev–Trinajstić information content (AvgIpc) is 2.60. The lowest BCUT2D eigenvalue weighted by Gasteiger charge is -2.12. The number of rotatable bonds is 6. The number of anilines is 3. The van der Waals surface area contributed by atoms with Crippen LogP contribution in [-0.2, 0) is 6.54 Å². The Balaban J connectivity index is 1.75. The third-order valence-corrected chi connectivity index (χ3v) is 3.82. The standard InChI is InChI=1S/C19H19ClN4O/c1-13-10-18(21-12-14-6-3-4-9-17(14)25-2)24-19(22-13)23-16-8-5-7-15(20)11-16/h3-11H,12H2,1-2H3,(H2,21,22,23,24). The smallest absolute Gasteiger partial charge is 0.229 e. The van der Waals surface area contributed by atoms with E-state index in [-0.39, 0.29) is 0 Å². The molecule has 0 radical (unpaired) electrons. The number of para-hydroxylation sites is 1. The van der Waals surface area contributed by atoms with E-state index in [1.165, 1.54) is 0 Å². The minimum Gasteiger partial charge on any atom is -0.496 e. The van der Waals surface area contributed by atoms with Crippen LogP contribution in [0.2, 0.25) is 5.02 Å². The first-order chi connectivity index (χ1) is 12.1. The van der Waals surface area contributed by atoms with Gasteiger partial charge in [0.15, 0.2) is 0 Å². The highest BCUT2D eigenvalue weighted by Crippen LogP contribution is 2.21. The summed E-state index contributed by atoms with van der Waals surface area (Å²) in [5.41, 5.74) is 2.77. The minimum atomic E-state index is 0.518. The van der Waals surface area contributed by atoms with Gasteiger partial charge in [-0.25, -0.2) is 4.98 Å². The first kappa shape index (κ1) is 17.0. The normalized spacial score (nSPS) is 10.4. The van der Waals surface area contributed by atoms with Crippen molar-refractivity contribution in [2.75, 3.05) is 17.7 Å². The van der Waals surface area contributed by atoms with Crippen molar-refractivity contribution in [3.63, 3.8) is 0 Å². The van der Waals surface area contributed by atoms with Crippen LogP contribution < -0.4 is 15.4 Å². The average molecular weight is 355 g/mol. The molecular weight excluding hydrogens is 336 g/mol. The molecule has 2 N–H and O–H groups in total. The van der Waals surface area contributed by atoms with Crippen molar-refractivity contribution < 1.29 is 4.74 Å². The topological polar surface area (TPSA) is 59.1 Å². The Bertz CT molecular complexity index is 870. The second kappa shape index (κ2) is 7.85. The number of nitrogens with one attached hydrogen (secondary N) is 2. The fourth-order valence-corrected chi connectivity index (χ4v) is 2.64. The summed E-state index contributed by atoms with van der Waals surface area (Å²) >= 11 is 6.01. The Hall–Kier alpha value is -2.79. The molecule has 25 heavy (non-hydrogen) atoms. The van der Waals surface area contributed by atoms with E-state index in [2.05, 4.69) is 20.6 Å². The van der Waals surface area contributed by atoms with Gasteiger partial charge in [0.2, 0.25) is 5.95 Å². The zero-order valence-electron chi connectivity index (χ0n) is 14.1. The Morgan fingerprint density at radius 1 is 1.04 bits per heavy atom. The number of methoxy groups -OCH3 is 1. The maximum absolute atomic E-state index is 6.01. The van der Waals surface area contributed by atoms with E-state index in [9.17, 15) is 0 Å². The van der Waals surface area contributed by atoms with Crippen LogP contribution in [0.3, 0.4) is 0 Å². The molecule has 3 rings (SSSR count). The number of benzene rings is 2. The molecule has 5 nitrogen and oxygen atoms in total. The monoisotopic (exact) mass is 354 g/mol. The van der Waals surface area contributed by atoms with Crippen LogP contribution in [0.4, 0.5) is 17.5 Å². The highest BCUT2D eigenvalue weighted by atomic mass is 35.5. The van der Waals surface area contributed by atoms with Crippen LogP contribution >= 0.6 is 11.6 Å². The van der Waals surface area contributed by atoms with Gasteiger partial charge in [-0.2, -0.15) is 4.98 Å². The third kappa shape index (κ3) is 4.61. The highest BCUT2D eigenvalue weighted by Gasteiger charge is 2.05. The SMILES string of the molecule is COc1ccccc1CNc1cc(C)nc(Nc2cccc(Cl)c2)n1. The van der Waals surface area contributed by atoms with E-state index in [0.717, 1.165) is 28.5 Å². The summed E-state index contributed by atoms with van der Waals surface area (Å²) in [6.07, 6.45) is 0. The summed E-state index contributed by atoms with van der Waals surface area (Å²) in [4.78, 5) is 8.93. The van der Waals surface area contributed by atoms with Crippen LogP contribution in [0.25, 0.3) is 0 Å². The predicted octanol–water partition coefficient (Wildman–Crippen LogP) is 4.80. The molecule has 0 amide bonds. The molecule has 0 atom stereocenters. The van der Waals surface area contributed by atoms with Crippen molar-refractivity contribution in [2.24, 2.45) is 0 Å². The van der Waals surface area contributed by atoms with Crippen LogP contribution in [0.1, 0.15) is 11.3 Å². The molecule has 0 aliphatic heterocycles. The van der Waals surface area contributed by atoms with Gasteiger partial charge >= 0.3 is 0 Å². The lowest BCUT2D eigenvalue weighted by molar-refractivity contribution is 0.410. The molecule has 0 aliphatic rings. The highest BCUT2D eigenvalue weighted by molar-refractivity contribution is 6.30. The van der Waals surface area contributed by atoms with Crippen LogP contribution in [0.15, 0.2) is 54.6 Å². The van der Waals surface area contributed by atoms with Gasteiger partial charge in [-0.15, -0.1) is 0 Å². The molecule has 0 fully saturated rings. The summed E-state index contributed by atoms with van der Waals surface area (Å²) in [6, 6.07) is 17.2. The van der Waals surface area contributed by atoms with Gasteiger partial charge in [-0.1, -0.05) is 35.9 Å². The first-order valence-corrected chi connectivity index (χ1v) is 8.26. The van der Waals surface area contributed by atoms with E-state index in [1.54, 1.807) is 7.11 Å². The largest absolute Gasteiger partial charge is 0.496 e. The van der Waals surface area contributed by atoms with E-state index in [4.69, 9.17) is 16.3 Å². The van der Waals surface area contributed by atoms with Gasteiger partial charge in [-0.3, -0.25) is 0 Å². The Morgan fingerprint density at radius 3 is 2.68 bits per heavy atom. The number of ether oxygens (including phenoxy) is 1. The van der Waals surface area contributed by atoms with E-state index in [0.29, 0.717) is 17.5 Å². The zero-order valence-corrected chi connectivity index (χ0v) is 14.8. The molecule has 1 aromatic heterocycles. The molecule has 2 aromatic carbocycles. The molecule has 0 unspecified atom stereocenters. The van der Waals surface area contributed by atoms with Crippen LogP contribution in [0, 0.1) is 6.92 Å². The van der Waals surface area contributed by atoms with E-state index < -0.39 is 0 Å². The first-order valence-electron chi connectivity index (χ1n) is 7.88. The molecule has 0 bridgehead atoms. The van der Waals surface area contributed by atoms with Crippen molar-refractivity contribution in [3.05, 3.63) is 70.9 Å². The number of halogens is 1. The fourth-order valence-electron chi connectivity index (χ4n) is 2.45. The molecule has 3 aromatic rings. The molecule has 6 heteroatoms. The second-order valence-electron chi connectivity index (χ2n) is 5.52. The van der Waals surface area contributed by atoms with Crippen molar-refractivity contribution in [1.29, 1.82) is 0 Å². The maximum Gasteiger partial charge on any atom is 0.229 e. The lowest BCUT2D eigenvalue weighted by atomic mass is 10.2. The maximum atomic E-state index is 6.01. The molecule has 0 spiro atoms. The number of hydrogen-bond acceptors (Lipinski definition) is 5. The number of nitrogens with zero attached hydrogens (tertiary/aromatic N) is 2. The van der Waals surface area contributed by atoms with Gasteiger partial charge in [0.25, 0.3) is 0 Å². The minimum absolute atomic E-state index is 0.518. The van der Waals surface area contributed by atoms with Crippen LogP contribution in [-0.4, -0.2) is 17.1 Å². The van der Waals surface area contributed by atoms with Crippen molar-refractivity contribution in [3.8, 4) is 5.75 Å². The van der Waals surface area contributed by atoms with Gasteiger partial charge in [0.1, 0.15) is 11.6 Å². The summed E-state index contributed by atoms with van der Waals surface area (Å²) in [5.74, 6) is 2.10. The third-order valence-electron chi connectivity index (χ3n) is 3.59. The molecule has 1 heterocycles. The quantitative estimate of drug-likeness (QED) is 0.665. The molecule has 0 saturated heterocycles. The molecule has 0 aliphatic carbocycles. The van der Waals surface area contributed by atoms with Crippen molar-refractivity contribution in [2.45, 2.75) is 13.5 Å². The van der Waals surface area contributed by atoms with E-state index in [1.807, 2.05) is 61.5 Å². The lowest BCUT2D eigenvalue weighted by Crippen LogP contribution is -2.06. The van der Waals surface area contributed by atoms with Gasteiger partial charge in [0, 0.05) is 34.6 Å². The van der Waals surface area contributed by atoms with Gasteiger partial charge < -0.3 is 15.4 Å². The Labute approximate surface area is 152 Å². The second-order valence-corrected chi connectivity index (χ2v) is 5.96. The van der Waals surface area contributed by atoms with Gasteiger partial charge in [-0.05, 0) is 31.2 Å². The number of aryl methyl sites for hydroxylation is 1. The molecular formula is C19H19ClN4O. The molecule has 0 saturated carbocycles. The number of hydrogen-bond donors (Lipinski definition) is 2. The Kier molecular flexibility index (Phi) is 5.36. The van der Waals surface area contributed by atoms with Gasteiger partial charge in [0.05, 0.1) is 7.11 Å². The van der Waals surface area contributed by atoms with Crippen molar-refractivity contribution >= 4 is 29.1 Å². The fraction of sp³-hybridized carbons (Fsp3) is 0.158. The summed E-state index contributed by atoms with van der Waals surface area (Å²) in [5, 5.41) is 7.15.